The van der Waals surface area contributed by atoms with Gasteiger partial charge in [-0.1, -0.05) is 31.4 Å². The summed E-state index contributed by atoms with van der Waals surface area (Å²) in [6, 6.07) is 6.37. The maximum absolute atomic E-state index is 13.3. The van der Waals surface area contributed by atoms with Crippen LogP contribution in [0.15, 0.2) is 30.5 Å². The highest BCUT2D eigenvalue weighted by molar-refractivity contribution is 6.30. The largest absolute Gasteiger partial charge is 0.463 e. The van der Waals surface area contributed by atoms with Crippen molar-refractivity contribution in [3.05, 3.63) is 41.0 Å². The fourth-order valence-corrected chi connectivity index (χ4v) is 2.31. The molecule has 2 rings (SSSR count). The molecule has 0 bridgehead atoms. The van der Waals surface area contributed by atoms with E-state index in [0.717, 1.165) is 25.5 Å². The summed E-state index contributed by atoms with van der Waals surface area (Å²) in [5.74, 6) is -0.268. The number of halogens is 4. The Balaban J connectivity index is 2.32. The Morgan fingerprint density at radius 2 is 1.84 bits per heavy atom. The number of hydrogen-bond donors (Lipinski definition) is 0. The van der Waals surface area contributed by atoms with E-state index in [1.165, 1.54) is 11.9 Å². The summed E-state index contributed by atoms with van der Waals surface area (Å²) in [7, 11) is 1.50. The van der Waals surface area contributed by atoms with Crippen LogP contribution in [0.3, 0.4) is 0 Å². The first kappa shape index (κ1) is 19.3. The molecule has 0 spiro atoms. The SMILES string of the molecule is CCCCCOc1ncc(C(F)(F)F)c(N(C)c2ccc(Cl)cc2)n1. The monoisotopic (exact) mass is 373 g/mol. The number of ether oxygens (including phenoxy) is 1. The molecule has 2 aromatic rings. The van der Waals surface area contributed by atoms with Gasteiger partial charge in [-0.15, -0.1) is 0 Å². The molecule has 0 unspecified atom stereocenters. The van der Waals surface area contributed by atoms with Gasteiger partial charge in [0.1, 0.15) is 5.56 Å². The molecule has 0 atom stereocenters. The van der Waals surface area contributed by atoms with Crippen LogP contribution in [-0.2, 0) is 6.18 Å². The van der Waals surface area contributed by atoms with Crippen molar-refractivity contribution >= 4 is 23.1 Å². The molecule has 0 saturated carbocycles. The van der Waals surface area contributed by atoms with Crippen molar-refractivity contribution in [1.82, 2.24) is 9.97 Å². The highest BCUT2D eigenvalue weighted by Crippen LogP contribution is 2.37. The van der Waals surface area contributed by atoms with Gasteiger partial charge in [-0.3, -0.25) is 0 Å². The Morgan fingerprint density at radius 1 is 1.16 bits per heavy atom. The topological polar surface area (TPSA) is 38.2 Å². The first-order valence-corrected chi connectivity index (χ1v) is 8.27. The van der Waals surface area contributed by atoms with Gasteiger partial charge < -0.3 is 9.64 Å². The van der Waals surface area contributed by atoms with E-state index in [1.807, 2.05) is 6.92 Å². The van der Waals surface area contributed by atoms with Gasteiger partial charge >= 0.3 is 12.2 Å². The molecule has 0 aliphatic heterocycles. The fourth-order valence-electron chi connectivity index (χ4n) is 2.18. The summed E-state index contributed by atoms with van der Waals surface area (Å²) in [4.78, 5) is 9.00. The minimum atomic E-state index is -4.57. The average Bonchev–Trinajstić information content (AvgIpc) is 2.58. The van der Waals surface area contributed by atoms with Crippen molar-refractivity contribution in [2.75, 3.05) is 18.6 Å². The van der Waals surface area contributed by atoms with E-state index in [-0.39, 0.29) is 11.8 Å². The Hall–Kier alpha value is -2.02. The third-order valence-electron chi connectivity index (χ3n) is 3.56. The van der Waals surface area contributed by atoms with E-state index in [1.54, 1.807) is 24.3 Å². The maximum Gasteiger partial charge on any atom is 0.421 e. The third-order valence-corrected chi connectivity index (χ3v) is 3.81. The number of unbranched alkanes of at least 4 members (excludes halogenated alkanes) is 2. The van der Waals surface area contributed by atoms with E-state index in [4.69, 9.17) is 16.3 Å². The second-order valence-corrected chi connectivity index (χ2v) is 5.92. The summed E-state index contributed by atoms with van der Waals surface area (Å²) >= 11 is 5.83. The molecule has 1 aromatic carbocycles. The first-order chi connectivity index (χ1) is 11.8. The summed E-state index contributed by atoms with van der Waals surface area (Å²) in [5.41, 5.74) is -0.406. The molecule has 4 nitrogen and oxygen atoms in total. The third kappa shape index (κ3) is 5.22. The highest BCUT2D eigenvalue weighted by atomic mass is 35.5. The molecule has 0 radical (unpaired) electrons. The van der Waals surface area contributed by atoms with Crippen LogP contribution in [0.4, 0.5) is 24.7 Å². The number of hydrogen-bond acceptors (Lipinski definition) is 4. The Labute approximate surface area is 149 Å². The fraction of sp³-hybridized carbons (Fsp3) is 0.412. The quantitative estimate of drug-likeness (QED) is 0.602. The lowest BCUT2D eigenvalue weighted by molar-refractivity contribution is -0.137. The van der Waals surface area contributed by atoms with E-state index in [2.05, 4.69) is 9.97 Å². The van der Waals surface area contributed by atoms with E-state index < -0.39 is 11.7 Å². The van der Waals surface area contributed by atoms with Gasteiger partial charge in [0.25, 0.3) is 0 Å². The molecule has 0 amide bonds. The second kappa shape index (κ2) is 8.38. The zero-order valence-corrected chi connectivity index (χ0v) is 14.7. The van der Waals surface area contributed by atoms with Crippen LogP contribution in [0.25, 0.3) is 0 Å². The van der Waals surface area contributed by atoms with Gasteiger partial charge in [0, 0.05) is 24.0 Å². The molecule has 0 fully saturated rings. The zero-order valence-electron chi connectivity index (χ0n) is 14.0. The predicted molar refractivity (Wildman–Crippen MR) is 91.6 cm³/mol. The lowest BCUT2D eigenvalue weighted by Crippen LogP contribution is -2.19. The van der Waals surface area contributed by atoms with E-state index in [9.17, 15) is 13.2 Å². The van der Waals surface area contributed by atoms with Crippen LogP contribution in [0.2, 0.25) is 5.02 Å². The molecule has 25 heavy (non-hydrogen) atoms. The van der Waals surface area contributed by atoms with Gasteiger partial charge in [0.15, 0.2) is 5.82 Å². The molecule has 0 N–H and O–H groups in total. The molecule has 1 aromatic heterocycles. The minimum absolute atomic E-state index is 0.0695. The van der Waals surface area contributed by atoms with Crippen LogP contribution >= 0.6 is 11.6 Å². The van der Waals surface area contributed by atoms with Gasteiger partial charge in [-0.25, -0.2) is 4.98 Å². The summed E-state index contributed by atoms with van der Waals surface area (Å²) in [6.07, 6.45) is -1.04. The van der Waals surface area contributed by atoms with Gasteiger partial charge in [-0.05, 0) is 30.7 Å². The smallest absolute Gasteiger partial charge is 0.421 e. The molecule has 0 saturated heterocycles. The predicted octanol–water partition coefficient (Wildman–Crippen LogP) is 5.49. The number of anilines is 2. The molecular weight excluding hydrogens is 355 g/mol. The van der Waals surface area contributed by atoms with Crippen molar-refractivity contribution in [3.8, 4) is 6.01 Å². The lowest BCUT2D eigenvalue weighted by Gasteiger charge is -2.22. The van der Waals surface area contributed by atoms with Crippen LogP contribution in [0, 0.1) is 0 Å². The molecule has 0 aliphatic rings. The van der Waals surface area contributed by atoms with Crippen molar-refractivity contribution < 1.29 is 17.9 Å². The first-order valence-electron chi connectivity index (χ1n) is 7.89. The van der Waals surface area contributed by atoms with Gasteiger partial charge in [-0.2, -0.15) is 18.2 Å². The van der Waals surface area contributed by atoms with Crippen molar-refractivity contribution in [2.45, 2.75) is 32.4 Å². The number of nitrogens with zero attached hydrogens (tertiary/aromatic N) is 3. The Bertz CT molecular complexity index is 693. The number of aromatic nitrogens is 2. The van der Waals surface area contributed by atoms with Crippen LogP contribution in [-0.4, -0.2) is 23.6 Å². The normalized spacial score (nSPS) is 11.4. The highest BCUT2D eigenvalue weighted by Gasteiger charge is 2.36. The van der Waals surface area contributed by atoms with Crippen molar-refractivity contribution in [2.24, 2.45) is 0 Å². The zero-order chi connectivity index (χ0) is 18.4. The van der Waals surface area contributed by atoms with Crippen LogP contribution in [0.5, 0.6) is 6.01 Å². The van der Waals surface area contributed by atoms with Crippen molar-refractivity contribution in [3.63, 3.8) is 0 Å². The summed E-state index contributed by atoms with van der Waals surface area (Å²) < 4.78 is 45.3. The van der Waals surface area contributed by atoms with E-state index in [0.29, 0.717) is 17.3 Å². The van der Waals surface area contributed by atoms with Crippen molar-refractivity contribution in [1.29, 1.82) is 0 Å². The molecule has 0 aliphatic carbocycles. The van der Waals surface area contributed by atoms with Gasteiger partial charge in [0.05, 0.1) is 6.61 Å². The molecule has 8 heteroatoms. The average molecular weight is 374 g/mol. The number of rotatable bonds is 7. The number of alkyl halides is 3. The van der Waals surface area contributed by atoms with Crippen LogP contribution < -0.4 is 9.64 Å². The molecule has 136 valence electrons. The molecule has 1 heterocycles. The van der Waals surface area contributed by atoms with Gasteiger partial charge in [0.2, 0.25) is 0 Å². The Kier molecular flexibility index (Phi) is 6.47. The summed E-state index contributed by atoms with van der Waals surface area (Å²) in [5, 5.41) is 0.496. The summed E-state index contributed by atoms with van der Waals surface area (Å²) in [6.45, 7) is 2.41. The Morgan fingerprint density at radius 3 is 2.44 bits per heavy atom. The maximum atomic E-state index is 13.3. The minimum Gasteiger partial charge on any atom is -0.463 e. The van der Waals surface area contributed by atoms with Crippen LogP contribution in [0.1, 0.15) is 31.7 Å². The van der Waals surface area contributed by atoms with E-state index >= 15 is 0 Å². The lowest BCUT2D eigenvalue weighted by atomic mass is 10.2. The number of benzene rings is 1. The second-order valence-electron chi connectivity index (χ2n) is 5.48. The standard InChI is InChI=1S/C17H19ClF3N3O/c1-3-4-5-10-25-16-22-11-14(17(19,20)21)15(23-16)24(2)13-8-6-12(18)7-9-13/h6-9,11H,3-5,10H2,1-2H3. The molecular formula is C17H19ClF3N3O.